The summed E-state index contributed by atoms with van der Waals surface area (Å²) >= 11 is 0. The van der Waals surface area contributed by atoms with Crippen LogP contribution in [0.25, 0.3) is 0 Å². The molecule has 7 nitrogen and oxygen atoms in total. The van der Waals surface area contributed by atoms with Crippen molar-refractivity contribution in [2.75, 3.05) is 13.2 Å². The first kappa shape index (κ1) is 16.9. The number of esters is 1. The molecule has 0 unspecified atom stereocenters. The van der Waals surface area contributed by atoms with Crippen molar-refractivity contribution in [2.45, 2.75) is 50.3 Å². The molecule has 1 aromatic heterocycles. The van der Waals surface area contributed by atoms with E-state index in [1.54, 1.807) is 20.8 Å². The van der Waals surface area contributed by atoms with E-state index in [0.29, 0.717) is 26.1 Å². The molecule has 0 amide bonds. The number of nitrogens with zero attached hydrogens (tertiary/aromatic N) is 2. The van der Waals surface area contributed by atoms with Gasteiger partial charge in [0.15, 0.2) is 10.7 Å². The van der Waals surface area contributed by atoms with E-state index in [9.17, 15) is 17.1 Å². The standard InChI is InChI=1S/C13H19FN2O5S/c1-13(2,3)21-12(17)10-8-11(22(14,18)19)16(15-10)9-4-6-20-7-5-9/h8-9H,4-7H2,1-3H3. The molecule has 2 rings (SSSR count). The summed E-state index contributed by atoms with van der Waals surface area (Å²) in [4.78, 5) is 12.0. The number of hydrogen-bond donors (Lipinski definition) is 0. The molecule has 124 valence electrons. The summed E-state index contributed by atoms with van der Waals surface area (Å²) < 4.78 is 47.5. The minimum absolute atomic E-state index is 0.224. The maximum absolute atomic E-state index is 13.5. The van der Waals surface area contributed by atoms with Gasteiger partial charge in [-0.05, 0) is 33.6 Å². The minimum Gasteiger partial charge on any atom is -0.455 e. The maximum atomic E-state index is 13.5. The monoisotopic (exact) mass is 334 g/mol. The fraction of sp³-hybridized carbons (Fsp3) is 0.692. The van der Waals surface area contributed by atoms with E-state index in [2.05, 4.69) is 5.10 Å². The lowest BCUT2D eigenvalue weighted by atomic mass is 10.1. The molecule has 0 spiro atoms. The van der Waals surface area contributed by atoms with E-state index >= 15 is 0 Å². The summed E-state index contributed by atoms with van der Waals surface area (Å²) in [7, 11) is -4.99. The molecule has 0 bridgehead atoms. The van der Waals surface area contributed by atoms with Gasteiger partial charge in [-0.1, -0.05) is 3.89 Å². The quantitative estimate of drug-likeness (QED) is 0.619. The number of carbonyl (C=O) groups is 1. The molecule has 9 heteroatoms. The summed E-state index contributed by atoms with van der Waals surface area (Å²) in [5.41, 5.74) is -0.980. The molecular weight excluding hydrogens is 315 g/mol. The Bertz CT molecular complexity index is 656. The van der Waals surface area contributed by atoms with Crippen LogP contribution in [0.4, 0.5) is 3.89 Å². The van der Waals surface area contributed by atoms with E-state index in [-0.39, 0.29) is 11.7 Å². The number of hydrogen-bond acceptors (Lipinski definition) is 6. The van der Waals surface area contributed by atoms with Crippen LogP contribution in [0.3, 0.4) is 0 Å². The normalized spacial score (nSPS) is 17.5. The molecule has 1 saturated heterocycles. The number of aromatic nitrogens is 2. The summed E-state index contributed by atoms with van der Waals surface area (Å²) in [6.45, 7) is 5.88. The number of rotatable bonds is 3. The zero-order valence-corrected chi connectivity index (χ0v) is 13.5. The topological polar surface area (TPSA) is 87.5 Å². The van der Waals surface area contributed by atoms with E-state index in [4.69, 9.17) is 9.47 Å². The lowest BCUT2D eigenvalue weighted by Gasteiger charge is -2.23. The second-order valence-electron chi connectivity index (χ2n) is 6.10. The third kappa shape index (κ3) is 4.04. The fourth-order valence-corrected chi connectivity index (χ4v) is 2.85. The Morgan fingerprint density at radius 1 is 1.41 bits per heavy atom. The largest absolute Gasteiger partial charge is 0.455 e. The lowest BCUT2D eigenvalue weighted by molar-refractivity contribution is 0.00607. The highest BCUT2D eigenvalue weighted by Crippen LogP contribution is 2.26. The first-order chi connectivity index (χ1) is 10.1. The molecule has 1 aliphatic rings. The van der Waals surface area contributed by atoms with Gasteiger partial charge >= 0.3 is 16.2 Å². The van der Waals surface area contributed by atoms with Crippen LogP contribution in [0.2, 0.25) is 0 Å². The van der Waals surface area contributed by atoms with Gasteiger partial charge in [0.2, 0.25) is 0 Å². The van der Waals surface area contributed by atoms with Crippen molar-refractivity contribution < 1.29 is 26.6 Å². The summed E-state index contributed by atoms with van der Waals surface area (Å²) in [6, 6.07) is 0.587. The minimum atomic E-state index is -4.99. The van der Waals surface area contributed by atoms with E-state index < -0.39 is 26.8 Å². The van der Waals surface area contributed by atoms with Crippen LogP contribution in [0.5, 0.6) is 0 Å². The lowest BCUT2D eigenvalue weighted by Crippen LogP contribution is -2.25. The Hall–Kier alpha value is -1.48. The summed E-state index contributed by atoms with van der Waals surface area (Å²) in [6.07, 6.45) is 0.996. The van der Waals surface area contributed by atoms with Gasteiger partial charge in [0.1, 0.15) is 5.60 Å². The van der Waals surface area contributed by atoms with Crippen LogP contribution >= 0.6 is 0 Å². The average Bonchev–Trinajstić information content (AvgIpc) is 2.82. The Kier molecular flexibility index (Phi) is 4.57. The third-order valence-corrected chi connectivity index (χ3v) is 3.90. The highest BCUT2D eigenvalue weighted by Gasteiger charge is 2.30. The molecule has 0 aromatic carbocycles. The predicted octanol–water partition coefficient (Wildman–Crippen LogP) is 1.85. The van der Waals surface area contributed by atoms with E-state index in [0.717, 1.165) is 10.7 Å². The smallest absolute Gasteiger partial charge is 0.359 e. The van der Waals surface area contributed by atoms with Crippen molar-refractivity contribution >= 4 is 16.2 Å². The van der Waals surface area contributed by atoms with Gasteiger partial charge in [0.25, 0.3) is 0 Å². The molecule has 22 heavy (non-hydrogen) atoms. The summed E-state index contributed by atoms with van der Waals surface area (Å²) in [5, 5.41) is 3.33. The van der Waals surface area contributed by atoms with Crippen molar-refractivity contribution in [3.8, 4) is 0 Å². The average molecular weight is 334 g/mol. The first-order valence-corrected chi connectivity index (χ1v) is 8.31. The fourth-order valence-electron chi connectivity index (χ4n) is 2.18. The number of ether oxygens (including phenoxy) is 2. The number of halogens is 1. The van der Waals surface area contributed by atoms with Crippen LogP contribution in [-0.4, -0.2) is 43.0 Å². The molecule has 0 N–H and O–H groups in total. The van der Waals surface area contributed by atoms with Crippen molar-refractivity contribution in [1.29, 1.82) is 0 Å². The molecule has 0 radical (unpaired) electrons. The van der Waals surface area contributed by atoms with Gasteiger partial charge in [-0.2, -0.15) is 13.5 Å². The van der Waals surface area contributed by atoms with E-state index in [1.165, 1.54) is 0 Å². The molecule has 0 atom stereocenters. The Balaban J connectivity index is 2.38. The highest BCUT2D eigenvalue weighted by molar-refractivity contribution is 7.86. The Morgan fingerprint density at radius 3 is 2.50 bits per heavy atom. The molecule has 0 saturated carbocycles. The Labute approximate surface area is 128 Å². The highest BCUT2D eigenvalue weighted by atomic mass is 32.3. The van der Waals surface area contributed by atoms with Crippen LogP contribution < -0.4 is 0 Å². The van der Waals surface area contributed by atoms with Crippen LogP contribution in [-0.2, 0) is 19.7 Å². The third-order valence-electron chi connectivity index (χ3n) is 3.10. The predicted molar refractivity (Wildman–Crippen MR) is 74.8 cm³/mol. The zero-order chi connectivity index (χ0) is 16.5. The van der Waals surface area contributed by atoms with Gasteiger partial charge < -0.3 is 9.47 Å². The van der Waals surface area contributed by atoms with E-state index in [1.807, 2.05) is 0 Å². The van der Waals surface area contributed by atoms with Gasteiger partial charge in [-0.3, -0.25) is 0 Å². The van der Waals surface area contributed by atoms with Crippen molar-refractivity contribution in [3.63, 3.8) is 0 Å². The summed E-state index contributed by atoms with van der Waals surface area (Å²) in [5.74, 6) is -0.789. The zero-order valence-electron chi connectivity index (χ0n) is 12.7. The Morgan fingerprint density at radius 2 is 2.00 bits per heavy atom. The van der Waals surface area contributed by atoms with Crippen molar-refractivity contribution in [2.24, 2.45) is 0 Å². The van der Waals surface area contributed by atoms with Crippen molar-refractivity contribution in [1.82, 2.24) is 9.78 Å². The van der Waals surface area contributed by atoms with Gasteiger partial charge in [0.05, 0.1) is 6.04 Å². The van der Waals surface area contributed by atoms with Crippen LogP contribution in [0, 0.1) is 0 Å². The molecule has 1 aromatic rings. The second-order valence-corrected chi connectivity index (χ2v) is 7.39. The molecule has 0 aliphatic carbocycles. The molecule has 2 heterocycles. The number of carbonyl (C=O) groups excluding carboxylic acids is 1. The SMILES string of the molecule is CC(C)(C)OC(=O)c1cc(S(=O)(=O)F)n(C2CCOCC2)n1. The van der Waals surface area contributed by atoms with Gasteiger partial charge in [-0.25, -0.2) is 9.48 Å². The molecule has 1 aliphatic heterocycles. The van der Waals surface area contributed by atoms with Gasteiger partial charge in [-0.15, -0.1) is 0 Å². The molecule has 1 fully saturated rings. The second kappa shape index (κ2) is 5.96. The van der Waals surface area contributed by atoms with Crippen LogP contribution in [0.15, 0.2) is 11.1 Å². The maximum Gasteiger partial charge on any atom is 0.359 e. The first-order valence-electron chi connectivity index (χ1n) is 6.93. The van der Waals surface area contributed by atoms with Crippen LogP contribution in [0.1, 0.15) is 50.1 Å². The van der Waals surface area contributed by atoms with Gasteiger partial charge in [0, 0.05) is 19.3 Å². The molecular formula is C13H19FN2O5S. The van der Waals surface area contributed by atoms with Crippen molar-refractivity contribution in [3.05, 3.63) is 11.8 Å².